The van der Waals surface area contributed by atoms with Gasteiger partial charge in [-0.1, -0.05) is 0 Å². The first kappa shape index (κ1) is 6.00. The number of hydrogen-bond donors (Lipinski definition) is 0. The van der Waals surface area contributed by atoms with Crippen molar-refractivity contribution in [3.63, 3.8) is 0 Å². The van der Waals surface area contributed by atoms with E-state index in [4.69, 9.17) is 0 Å². The van der Waals surface area contributed by atoms with Crippen molar-refractivity contribution < 1.29 is 19.4 Å². The summed E-state index contributed by atoms with van der Waals surface area (Å²) >= 11 is 0. The summed E-state index contributed by atoms with van der Waals surface area (Å²) in [5.74, 6) is -1.31. The van der Waals surface area contributed by atoms with Crippen LogP contribution in [-0.2, 0) is 19.4 Å². The summed E-state index contributed by atoms with van der Waals surface area (Å²) < 4.78 is 0. The van der Waals surface area contributed by atoms with Gasteiger partial charge in [0.25, 0.3) is 0 Å². The van der Waals surface area contributed by atoms with Gasteiger partial charge in [0, 0.05) is 6.42 Å². The van der Waals surface area contributed by atoms with Crippen molar-refractivity contribution in [1.29, 1.82) is 0 Å². The molecular weight excluding hydrogens is 136 g/mol. The summed E-state index contributed by atoms with van der Waals surface area (Å²) in [4.78, 5) is 30.1. The molecule has 10 heavy (non-hydrogen) atoms. The number of carbonyl (C=O) groups is 2. The van der Waals surface area contributed by atoms with Crippen LogP contribution in [-0.4, -0.2) is 17.9 Å². The molecule has 1 aliphatic carbocycles. The van der Waals surface area contributed by atoms with Crippen molar-refractivity contribution in [1.82, 2.24) is 0 Å². The highest BCUT2D eigenvalue weighted by atomic mass is 17.4. The Morgan fingerprint density at radius 2 is 2.20 bits per heavy atom. The fourth-order valence-corrected chi connectivity index (χ4v) is 1.22. The Morgan fingerprint density at radius 3 is 2.40 bits per heavy atom. The first-order chi connectivity index (χ1) is 4.65. The van der Waals surface area contributed by atoms with Crippen molar-refractivity contribution in [3.8, 4) is 0 Å². The van der Waals surface area contributed by atoms with Gasteiger partial charge < -0.3 is 4.79 Å². The van der Waals surface area contributed by atoms with Crippen molar-refractivity contribution in [2.75, 3.05) is 0 Å². The van der Waals surface area contributed by atoms with Crippen LogP contribution in [0.4, 0.5) is 0 Å². The van der Waals surface area contributed by atoms with E-state index in [1.807, 2.05) is 0 Å². The van der Waals surface area contributed by atoms with Crippen molar-refractivity contribution in [3.05, 3.63) is 0 Å². The lowest BCUT2D eigenvalue weighted by atomic mass is 9.65. The summed E-state index contributed by atoms with van der Waals surface area (Å²) in [7, 11) is 0. The minimum absolute atomic E-state index is 0.137. The lowest BCUT2D eigenvalue weighted by Gasteiger charge is -2.33. The van der Waals surface area contributed by atoms with Gasteiger partial charge in [0.2, 0.25) is 0 Å². The molecule has 0 amide bonds. The molecule has 1 atom stereocenters. The highest BCUT2D eigenvalue weighted by molar-refractivity contribution is 6.01. The van der Waals surface area contributed by atoms with E-state index in [-0.39, 0.29) is 12.2 Å². The largest absolute Gasteiger partial charge is 0.303 e. The molecule has 0 N–H and O–H groups in total. The van der Waals surface area contributed by atoms with E-state index in [0.717, 1.165) is 0 Å². The number of rotatable bonds is 1. The third kappa shape index (κ3) is 0.383. The molecule has 1 spiro atoms. The van der Waals surface area contributed by atoms with E-state index in [0.29, 0.717) is 6.29 Å². The normalized spacial score (nSPS) is 41.1. The van der Waals surface area contributed by atoms with E-state index in [1.165, 1.54) is 0 Å². The molecule has 4 nitrogen and oxygen atoms in total. The monoisotopic (exact) mass is 142 g/mol. The predicted octanol–water partition coefficient (Wildman–Crippen LogP) is -0.177. The van der Waals surface area contributed by atoms with Crippen LogP contribution in [0, 0.1) is 5.41 Å². The maximum Gasteiger partial charge on any atom is 0.303 e. The lowest BCUT2D eigenvalue weighted by molar-refractivity contribution is -0.152. The first-order valence-electron chi connectivity index (χ1n) is 3.01. The molecule has 2 fully saturated rings. The molecule has 1 aliphatic heterocycles. The van der Waals surface area contributed by atoms with Crippen LogP contribution < -0.4 is 0 Å². The minimum atomic E-state index is -1.17. The third-order valence-corrected chi connectivity index (χ3v) is 2.16. The second-order valence-electron chi connectivity index (χ2n) is 2.92. The molecule has 2 rings (SSSR count). The van der Waals surface area contributed by atoms with Gasteiger partial charge in [-0.2, -0.15) is 9.78 Å². The Hall–Kier alpha value is -0.740. The fraction of sp³-hybridized carbons (Fsp3) is 0.667. The van der Waals surface area contributed by atoms with Gasteiger partial charge in [0.15, 0.2) is 5.78 Å². The maximum atomic E-state index is 10.8. The van der Waals surface area contributed by atoms with Crippen LogP contribution in [0.3, 0.4) is 0 Å². The lowest BCUT2D eigenvalue weighted by Crippen LogP contribution is -2.55. The third-order valence-electron chi connectivity index (χ3n) is 2.16. The average Bonchev–Trinajstić information content (AvgIpc) is 2.67. The molecule has 1 saturated heterocycles. The minimum Gasteiger partial charge on any atom is -0.303 e. The number of ketones is 1. The Kier molecular flexibility index (Phi) is 0.784. The molecular formula is C6H6O4. The van der Waals surface area contributed by atoms with Crippen LogP contribution in [0.25, 0.3) is 0 Å². The molecule has 1 unspecified atom stereocenters. The topological polar surface area (TPSA) is 59.2 Å². The Labute approximate surface area is 57.0 Å². The van der Waals surface area contributed by atoms with Gasteiger partial charge in [0.05, 0.1) is 5.41 Å². The standard InChI is InChI=1S/C6H6O4/c1-5(3-7)2-4(8)6(5)9-10-6/h3H,2H2,1H3. The molecule has 0 bridgehead atoms. The SMILES string of the molecule is CC1(C=O)CC(=O)C12OO2. The molecule has 1 saturated carbocycles. The van der Waals surface area contributed by atoms with Crippen LogP contribution in [0.1, 0.15) is 13.3 Å². The summed E-state index contributed by atoms with van der Waals surface area (Å²) in [5.41, 5.74) is -0.732. The number of aldehydes is 1. The van der Waals surface area contributed by atoms with Gasteiger partial charge in [-0.05, 0) is 6.92 Å². The number of carbonyl (C=O) groups excluding carboxylic acids is 2. The Bertz CT molecular complexity index is 218. The van der Waals surface area contributed by atoms with Gasteiger partial charge >= 0.3 is 5.79 Å². The zero-order valence-electron chi connectivity index (χ0n) is 5.42. The molecule has 0 aromatic heterocycles. The van der Waals surface area contributed by atoms with Crippen molar-refractivity contribution in [2.24, 2.45) is 5.41 Å². The number of Topliss-reactive ketones (excluding diaryl/α,β-unsaturated/α-hetero) is 1. The van der Waals surface area contributed by atoms with Crippen molar-refractivity contribution >= 4 is 12.1 Å². The maximum absolute atomic E-state index is 10.8. The predicted molar refractivity (Wildman–Crippen MR) is 28.7 cm³/mol. The van der Waals surface area contributed by atoms with Crippen molar-refractivity contribution in [2.45, 2.75) is 19.1 Å². The van der Waals surface area contributed by atoms with Crippen LogP contribution >= 0.6 is 0 Å². The molecule has 0 aromatic rings. The zero-order valence-corrected chi connectivity index (χ0v) is 5.42. The molecule has 54 valence electrons. The van der Waals surface area contributed by atoms with Gasteiger partial charge in [-0.15, -0.1) is 0 Å². The highest BCUT2D eigenvalue weighted by Gasteiger charge is 2.77. The van der Waals surface area contributed by atoms with Crippen LogP contribution in [0.15, 0.2) is 0 Å². The average molecular weight is 142 g/mol. The van der Waals surface area contributed by atoms with E-state index in [9.17, 15) is 9.59 Å². The van der Waals surface area contributed by atoms with E-state index >= 15 is 0 Å². The molecule has 0 aromatic carbocycles. The van der Waals surface area contributed by atoms with Gasteiger partial charge in [-0.3, -0.25) is 4.79 Å². The van der Waals surface area contributed by atoms with Crippen LogP contribution in [0.5, 0.6) is 0 Å². The Morgan fingerprint density at radius 1 is 1.60 bits per heavy atom. The second-order valence-corrected chi connectivity index (χ2v) is 2.92. The molecule has 2 aliphatic rings. The second kappa shape index (κ2) is 1.31. The summed E-state index contributed by atoms with van der Waals surface area (Å²) in [5, 5.41) is 0. The highest BCUT2D eigenvalue weighted by Crippen LogP contribution is 2.57. The van der Waals surface area contributed by atoms with E-state index < -0.39 is 11.2 Å². The quantitative estimate of drug-likeness (QED) is 0.289. The zero-order chi connectivity index (χ0) is 7.41. The molecule has 0 radical (unpaired) electrons. The van der Waals surface area contributed by atoms with Gasteiger partial charge in [0.1, 0.15) is 6.29 Å². The number of hydrogen-bond acceptors (Lipinski definition) is 4. The summed E-state index contributed by atoms with van der Waals surface area (Å²) in [6, 6.07) is 0. The van der Waals surface area contributed by atoms with E-state index in [2.05, 4.69) is 9.78 Å². The fourth-order valence-electron chi connectivity index (χ4n) is 1.22. The van der Waals surface area contributed by atoms with E-state index in [1.54, 1.807) is 6.92 Å². The van der Waals surface area contributed by atoms with Gasteiger partial charge in [-0.25, -0.2) is 0 Å². The first-order valence-corrected chi connectivity index (χ1v) is 3.01. The summed E-state index contributed by atoms with van der Waals surface area (Å²) in [6.45, 7) is 1.65. The summed E-state index contributed by atoms with van der Waals surface area (Å²) in [6.07, 6.45) is 0.942. The smallest absolute Gasteiger partial charge is 0.303 e. The molecule has 4 heteroatoms. The Balaban J connectivity index is 2.31. The van der Waals surface area contributed by atoms with Crippen LogP contribution in [0.2, 0.25) is 0 Å². The molecule has 1 heterocycles.